The lowest BCUT2D eigenvalue weighted by Gasteiger charge is -2.32. The summed E-state index contributed by atoms with van der Waals surface area (Å²) in [5.41, 5.74) is -0.796. The van der Waals surface area contributed by atoms with Gasteiger partial charge < -0.3 is 20.0 Å². The largest absolute Gasteiger partial charge is 0.480 e. The smallest absolute Gasteiger partial charge is 0.327 e. The van der Waals surface area contributed by atoms with Crippen molar-refractivity contribution in [3.05, 3.63) is 0 Å². The number of urea groups is 1. The molecule has 1 unspecified atom stereocenters. The van der Waals surface area contributed by atoms with Gasteiger partial charge >= 0.3 is 12.0 Å². The van der Waals surface area contributed by atoms with Crippen LogP contribution < -0.4 is 0 Å². The minimum Gasteiger partial charge on any atom is -0.480 e. The monoisotopic (exact) mass is 288 g/mol. The van der Waals surface area contributed by atoms with E-state index >= 15 is 0 Å². The maximum absolute atomic E-state index is 12.3. The summed E-state index contributed by atoms with van der Waals surface area (Å²) in [6, 6.07) is -1.06. The molecule has 1 saturated heterocycles. The lowest BCUT2D eigenvalue weighted by Crippen LogP contribution is -2.51. The van der Waals surface area contributed by atoms with E-state index in [1.165, 1.54) is 21.6 Å². The van der Waals surface area contributed by atoms with Gasteiger partial charge in [0.2, 0.25) is 0 Å². The van der Waals surface area contributed by atoms with E-state index in [1.807, 2.05) is 0 Å². The zero-order valence-corrected chi connectivity index (χ0v) is 11.9. The van der Waals surface area contributed by atoms with Crippen LogP contribution in [0.4, 0.5) is 4.79 Å². The van der Waals surface area contributed by atoms with E-state index in [0.29, 0.717) is 24.5 Å². The van der Waals surface area contributed by atoms with Crippen molar-refractivity contribution in [3.8, 4) is 0 Å². The summed E-state index contributed by atoms with van der Waals surface area (Å²) in [4.78, 5) is 26.1. The van der Waals surface area contributed by atoms with Gasteiger partial charge in [0.1, 0.15) is 6.04 Å². The fourth-order valence-electron chi connectivity index (χ4n) is 2.76. The Morgan fingerprint density at radius 3 is 2.63 bits per heavy atom. The highest BCUT2D eigenvalue weighted by Crippen LogP contribution is 2.30. The molecule has 19 heavy (non-hydrogen) atoms. The maximum Gasteiger partial charge on any atom is 0.327 e. The van der Waals surface area contributed by atoms with Crippen LogP contribution in [0.15, 0.2) is 0 Å². The fourth-order valence-corrected chi connectivity index (χ4v) is 3.89. The van der Waals surface area contributed by atoms with Crippen LogP contribution in [0.3, 0.4) is 0 Å². The van der Waals surface area contributed by atoms with Gasteiger partial charge in [-0.25, -0.2) is 9.59 Å². The van der Waals surface area contributed by atoms with Gasteiger partial charge in [-0.05, 0) is 12.8 Å². The number of aliphatic hydroxyl groups is 1. The quantitative estimate of drug-likeness (QED) is 0.803. The van der Waals surface area contributed by atoms with Crippen molar-refractivity contribution < 1.29 is 19.8 Å². The zero-order valence-electron chi connectivity index (χ0n) is 11.0. The van der Waals surface area contributed by atoms with Crippen molar-refractivity contribution in [3.63, 3.8) is 0 Å². The van der Waals surface area contributed by atoms with Gasteiger partial charge in [-0.15, -0.1) is 11.8 Å². The molecule has 6 nitrogen and oxygen atoms in total. The summed E-state index contributed by atoms with van der Waals surface area (Å²) in [6.07, 6.45) is 3.38. The highest BCUT2D eigenvalue weighted by Gasteiger charge is 2.39. The second kappa shape index (κ2) is 5.58. The van der Waals surface area contributed by atoms with Crippen LogP contribution in [0.5, 0.6) is 0 Å². The molecule has 0 aromatic carbocycles. The molecule has 2 N–H and O–H groups in total. The van der Waals surface area contributed by atoms with Gasteiger partial charge in [-0.1, -0.05) is 12.8 Å². The summed E-state index contributed by atoms with van der Waals surface area (Å²) in [5, 5.41) is 19.4. The number of carboxylic acids is 1. The van der Waals surface area contributed by atoms with Crippen LogP contribution in [0.2, 0.25) is 0 Å². The molecule has 2 rings (SSSR count). The Morgan fingerprint density at radius 2 is 2.05 bits per heavy atom. The number of carbonyl (C=O) groups excluding carboxylic acids is 1. The van der Waals surface area contributed by atoms with Gasteiger partial charge in [0, 0.05) is 12.8 Å². The number of carboxylic acid groups (broad SMARTS) is 1. The first kappa shape index (κ1) is 14.5. The van der Waals surface area contributed by atoms with Crippen molar-refractivity contribution in [2.75, 3.05) is 25.2 Å². The molecule has 1 aliphatic carbocycles. The van der Waals surface area contributed by atoms with Crippen LogP contribution in [0.1, 0.15) is 25.7 Å². The molecule has 0 spiro atoms. The molecule has 0 bridgehead atoms. The predicted molar refractivity (Wildman–Crippen MR) is 72.0 cm³/mol. The third-order valence-corrected chi connectivity index (χ3v) is 4.82. The lowest BCUT2D eigenvalue weighted by molar-refractivity contribution is -0.140. The molecule has 0 aromatic heterocycles. The topological polar surface area (TPSA) is 81.1 Å². The molecular weight excluding hydrogens is 268 g/mol. The van der Waals surface area contributed by atoms with Crippen molar-refractivity contribution in [1.82, 2.24) is 9.80 Å². The van der Waals surface area contributed by atoms with Crippen LogP contribution in [-0.2, 0) is 4.79 Å². The maximum atomic E-state index is 12.3. The third kappa shape index (κ3) is 3.14. The molecular formula is C12H20N2O4S. The summed E-state index contributed by atoms with van der Waals surface area (Å²) >= 11 is 1.44. The Balaban J connectivity index is 1.96. The fraction of sp³-hybridized carbons (Fsp3) is 0.833. The number of rotatable bonds is 3. The molecule has 1 atom stereocenters. The van der Waals surface area contributed by atoms with E-state index in [1.54, 1.807) is 7.05 Å². The number of hydrogen-bond acceptors (Lipinski definition) is 4. The molecule has 0 aromatic rings. The molecule has 0 radical (unpaired) electrons. The lowest BCUT2D eigenvalue weighted by atomic mass is 10.0. The Labute approximate surface area is 116 Å². The minimum atomic E-state index is -0.966. The standard InChI is InChI=1S/C12H20N2O4S/c1-13(7-12(18)4-2-3-5-12)11(17)14-8-19-6-9(14)10(15)16/h9,18H,2-8H2,1H3,(H,15,16). The van der Waals surface area contributed by atoms with Gasteiger partial charge in [-0.2, -0.15) is 0 Å². The molecule has 2 fully saturated rings. The van der Waals surface area contributed by atoms with Gasteiger partial charge in [0.25, 0.3) is 0 Å². The van der Waals surface area contributed by atoms with Gasteiger partial charge in [0.05, 0.1) is 18.0 Å². The summed E-state index contributed by atoms with van der Waals surface area (Å²) in [5.74, 6) is -0.135. The molecule has 2 amide bonds. The van der Waals surface area contributed by atoms with Crippen LogP contribution in [-0.4, -0.2) is 68.9 Å². The third-order valence-electron chi connectivity index (χ3n) is 3.81. The number of nitrogens with zero attached hydrogens (tertiary/aromatic N) is 2. The normalized spacial score (nSPS) is 25.6. The van der Waals surface area contributed by atoms with Crippen LogP contribution >= 0.6 is 11.8 Å². The molecule has 1 heterocycles. The highest BCUT2D eigenvalue weighted by atomic mass is 32.2. The summed E-state index contributed by atoms with van der Waals surface area (Å²) in [7, 11) is 1.63. The van der Waals surface area contributed by atoms with Crippen molar-refractivity contribution in [1.29, 1.82) is 0 Å². The number of carbonyl (C=O) groups is 2. The first-order chi connectivity index (χ1) is 8.93. The Hall–Kier alpha value is -0.950. The Morgan fingerprint density at radius 1 is 1.42 bits per heavy atom. The first-order valence-corrected chi connectivity index (χ1v) is 7.63. The van der Waals surface area contributed by atoms with E-state index in [0.717, 1.165) is 12.8 Å². The Bertz CT molecular complexity index is 371. The number of thioether (sulfide) groups is 1. The van der Waals surface area contributed by atoms with E-state index in [-0.39, 0.29) is 12.6 Å². The highest BCUT2D eigenvalue weighted by molar-refractivity contribution is 7.99. The number of amides is 2. The van der Waals surface area contributed by atoms with Crippen LogP contribution in [0, 0.1) is 0 Å². The molecule has 7 heteroatoms. The number of hydrogen-bond donors (Lipinski definition) is 2. The van der Waals surface area contributed by atoms with Crippen molar-refractivity contribution in [2.24, 2.45) is 0 Å². The molecule has 1 saturated carbocycles. The Kier molecular flexibility index (Phi) is 4.25. The molecule has 2 aliphatic rings. The molecule has 108 valence electrons. The van der Waals surface area contributed by atoms with Crippen molar-refractivity contribution >= 4 is 23.8 Å². The predicted octanol–water partition coefficient (Wildman–Crippen LogP) is 0.803. The average molecular weight is 288 g/mol. The van der Waals surface area contributed by atoms with E-state index in [4.69, 9.17) is 5.11 Å². The summed E-state index contributed by atoms with van der Waals surface area (Å²) in [6.45, 7) is 0.277. The van der Waals surface area contributed by atoms with E-state index in [9.17, 15) is 14.7 Å². The van der Waals surface area contributed by atoms with E-state index in [2.05, 4.69) is 0 Å². The first-order valence-electron chi connectivity index (χ1n) is 6.48. The van der Waals surface area contributed by atoms with Gasteiger partial charge in [0.15, 0.2) is 0 Å². The minimum absolute atomic E-state index is 0.277. The molecule has 1 aliphatic heterocycles. The van der Waals surface area contributed by atoms with Crippen molar-refractivity contribution in [2.45, 2.75) is 37.3 Å². The van der Waals surface area contributed by atoms with E-state index < -0.39 is 17.6 Å². The second-order valence-electron chi connectivity index (χ2n) is 5.39. The SMILES string of the molecule is CN(CC1(O)CCCC1)C(=O)N1CSCC1C(=O)O. The average Bonchev–Trinajstić information content (AvgIpc) is 2.96. The number of likely N-dealkylation sites (N-methyl/N-ethyl adjacent to an activating group) is 1. The van der Waals surface area contributed by atoms with Gasteiger partial charge in [-0.3, -0.25) is 0 Å². The zero-order chi connectivity index (χ0) is 14.0. The summed E-state index contributed by atoms with van der Waals surface area (Å²) < 4.78 is 0. The van der Waals surface area contributed by atoms with Crippen LogP contribution in [0.25, 0.3) is 0 Å². The second-order valence-corrected chi connectivity index (χ2v) is 6.39. The number of aliphatic carboxylic acids is 1.